The number of nitrogens with two attached hydrogens (primary N) is 1. The molecule has 0 radical (unpaired) electrons. The zero-order chi connectivity index (χ0) is 12.3. The van der Waals surface area contributed by atoms with E-state index in [1.807, 2.05) is 6.07 Å². The summed E-state index contributed by atoms with van der Waals surface area (Å²) in [5, 5.41) is 8.68. The number of anilines is 1. The summed E-state index contributed by atoms with van der Waals surface area (Å²) in [6.07, 6.45) is 1.84. The Hall–Kier alpha value is -2.48. The summed E-state index contributed by atoms with van der Waals surface area (Å²) in [7, 11) is 0. The molecule has 0 unspecified atom stereocenters. The van der Waals surface area contributed by atoms with Gasteiger partial charge in [-0.3, -0.25) is 0 Å². The van der Waals surface area contributed by atoms with Gasteiger partial charge in [0.2, 0.25) is 0 Å². The SMILES string of the molecule is N#Cc1cnc(Cc2ccc(F)cc2)nc1N. The number of hydrogen-bond acceptors (Lipinski definition) is 4. The van der Waals surface area contributed by atoms with Crippen molar-refractivity contribution >= 4 is 5.82 Å². The van der Waals surface area contributed by atoms with Crippen molar-refractivity contribution < 1.29 is 4.39 Å². The largest absolute Gasteiger partial charge is 0.382 e. The van der Waals surface area contributed by atoms with Crippen molar-refractivity contribution in [2.45, 2.75) is 6.42 Å². The van der Waals surface area contributed by atoms with Crippen molar-refractivity contribution in [2.24, 2.45) is 0 Å². The van der Waals surface area contributed by atoms with E-state index in [4.69, 9.17) is 11.0 Å². The van der Waals surface area contributed by atoms with Crippen molar-refractivity contribution in [2.75, 3.05) is 5.73 Å². The maximum absolute atomic E-state index is 12.7. The van der Waals surface area contributed by atoms with Crippen LogP contribution in [0.25, 0.3) is 0 Å². The normalized spacial score (nSPS) is 9.88. The monoisotopic (exact) mass is 228 g/mol. The van der Waals surface area contributed by atoms with Crippen LogP contribution in [0.3, 0.4) is 0 Å². The highest BCUT2D eigenvalue weighted by Gasteiger charge is 2.04. The third kappa shape index (κ3) is 2.55. The maximum Gasteiger partial charge on any atom is 0.145 e. The Kier molecular flexibility index (Phi) is 2.97. The number of hydrogen-bond donors (Lipinski definition) is 1. The molecule has 0 aliphatic heterocycles. The summed E-state index contributed by atoms with van der Waals surface area (Å²) in [4.78, 5) is 8.03. The molecule has 2 aromatic rings. The summed E-state index contributed by atoms with van der Waals surface area (Å²) in [5.74, 6) is 0.390. The van der Waals surface area contributed by atoms with E-state index in [2.05, 4.69) is 9.97 Å². The van der Waals surface area contributed by atoms with Gasteiger partial charge in [-0.25, -0.2) is 14.4 Å². The van der Waals surface area contributed by atoms with Crippen molar-refractivity contribution in [3.63, 3.8) is 0 Å². The van der Waals surface area contributed by atoms with Gasteiger partial charge in [0, 0.05) is 6.42 Å². The molecule has 0 amide bonds. The van der Waals surface area contributed by atoms with Gasteiger partial charge in [-0.2, -0.15) is 5.26 Å². The van der Waals surface area contributed by atoms with Crippen LogP contribution in [-0.2, 0) is 6.42 Å². The second-order valence-corrected chi connectivity index (χ2v) is 3.50. The van der Waals surface area contributed by atoms with E-state index in [-0.39, 0.29) is 17.2 Å². The molecular weight excluding hydrogens is 219 g/mol. The quantitative estimate of drug-likeness (QED) is 0.848. The topological polar surface area (TPSA) is 75.6 Å². The Bertz CT molecular complexity index is 572. The fourth-order valence-electron chi connectivity index (χ4n) is 1.39. The number of halogens is 1. The highest BCUT2D eigenvalue weighted by molar-refractivity contribution is 5.46. The van der Waals surface area contributed by atoms with Crippen LogP contribution in [0.15, 0.2) is 30.5 Å². The van der Waals surface area contributed by atoms with Gasteiger partial charge in [-0.15, -0.1) is 0 Å². The Morgan fingerprint density at radius 1 is 1.29 bits per heavy atom. The number of aromatic nitrogens is 2. The highest BCUT2D eigenvalue weighted by Crippen LogP contribution is 2.10. The zero-order valence-corrected chi connectivity index (χ0v) is 8.89. The van der Waals surface area contributed by atoms with E-state index in [0.29, 0.717) is 12.2 Å². The Labute approximate surface area is 97.6 Å². The second kappa shape index (κ2) is 4.58. The molecule has 5 heteroatoms. The molecule has 4 nitrogen and oxygen atoms in total. The summed E-state index contributed by atoms with van der Waals surface area (Å²) in [6, 6.07) is 7.97. The van der Waals surface area contributed by atoms with Crippen molar-refractivity contribution in [1.29, 1.82) is 5.26 Å². The summed E-state index contributed by atoms with van der Waals surface area (Å²) in [5.41, 5.74) is 6.72. The molecule has 0 saturated carbocycles. The highest BCUT2D eigenvalue weighted by atomic mass is 19.1. The van der Waals surface area contributed by atoms with Gasteiger partial charge in [0.25, 0.3) is 0 Å². The third-order valence-corrected chi connectivity index (χ3v) is 2.26. The lowest BCUT2D eigenvalue weighted by Gasteiger charge is -2.02. The lowest BCUT2D eigenvalue weighted by Crippen LogP contribution is -2.02. The van der Waals surface area contributed by atoms with Gasteiger partial charge >= 0.3 is 0 Å². The van der Waals surface area contributed by atoms with Crippen molar-refractivity contribution in [3.8, 4) is 6.07 Å². The first-order valence-corrected chi connectivity index (χ1v) is 4.95. The fourth-order valence-corrected chi connectivity index (χ4v) is 1.39. The molecule has 0 bridgehead atoms. The maximum atomic E-state index is 12.7. The van der Waals surface area contributed by atoms with E-state index < -0.39 is 0 Å². The Morgan fingerprint density at radius 3 is 2.59 bits per heavy atom. The first-order valence-electron chi connectivity index (χ1n) is 4.95. The number of nitrogen functional groups attached to an aromatic ring is 1. The number of benzene rings is 1. The molecule has 0 spiro atoms. The van der Waals surface area contributed by atoms with E-state index in [9.17, 15) is 4.39 Å². The van der Waals surface area contributed by atoms with Crippen LogP contribution >= 0.6 is 0 Å². The Morgan fingerprint density at radius 2 is 2.00 bits per heavy atom. The molecule has 2 N–H and O–H groups in total. The summed E-state index contributed by atoms with van der Waals surface area (Å²) in [6.45, 7) is 0. The number of nitrogens with zero attached hydrogens (tertiary/aromatic N) is 3. The Balaban J connectivity index is 2.22. The molecular formula is C12H9FN4. The van der Waals surface area contributed by atoms with Crippen LogP contribution in [0.2, 0.25) is 0 Å². The van der Waals surface area contributed by atoms with Gasteiger partial charge in [0.05, 0.1) is 6.20 Å². The molecule has 2 rings (SSSR count). The first kappa shape index (κ1) is 11.0. The van der Waals surface area contributed by atoms with Crippen LogP contribution in [0.1, 0.15) is 17.0 Å². The van der Waals surface area contributed by atoms with Crippen molar-refractivity contribution in [1.82, 2.24) is 9.97 Å². The minimum atomic E-state index is -0.283. The van der Waals surface area contributed by atoms with Crippen LogP contribution in [-0.4, -0.2) is 9.97 Å². The van der Waals surface area contributed by atoms with Crippen LogP contribution in [0, 0.1) is 17.1 Å². The average molecular weight is 228 g/mol. The lowest BCUT2D eigenvalue weighted by atomic mass is 10.1. The lowest BCUT2D eigenvalue weighted by molar-refractivity contribution is 0.627. The average Bonchev–Trinajstić information content (AvgIpc) is 2.32. The van der Waals surface area contributed by atoms with Gasteiger partial charge in [-0.05, 0) is 17.7 Å². The number of rotatable bonds is 2. The van der Waals surface area contributed by atoms with Crippen molar-refractivity contribution in [3.05, 3.63) is 53.2 Å². The zero-order valence-electron chi connectivity index (χ0n) is 8.89. The predicted octanol–water partition coefficient (Wildman–Crippen LogP) is 1.66. The molecule has 0 aliphatic rings. The molecule has 1 aromatic carbocycles. The smallest absolute Gasteiger partial charge is 0.145 e. The predicted molar refractivity (Wildman–Crippen MR) is 60.4 cm³/mol. The molecule has 0 saturated heterocycles. The van der Waals surface area contributed by atoms with E-state index in [1.54, 1.807) is 12.1 Å². The van der Waals surface area contributed by atoms with Crippen LogP contribution < -0.4 is 5.73 Å². The third-order valence-electron chi connectivity index (χ3n) is 2.26. The molecule has 17 heavy (non-hydrogen) atoms. The van der Waals surface area contributed by atoms with Gasteiger partial charge in [0.1, 0.15) is 29.1 Å². The second-order valence-electron chi connectivity index (χ2n) is 3.50. The molecule has 1 aromatic heterocycles. The molecule has 84 valence electrons. The standard InChI is InChI=1S/C12H9FN4/c13-10-3-1-8(2-4-10)5-11-16-7-9(6-14)12(15)17-11/h1-4,7H,5H2,(H2,15,16,17). The minimum Gasteiger partial charge on any atom is -0.382 e. The van der Waals surface area contributed by atoms with Crippen LogP contribution in [0.5, 0.6) is 0 Å². The van der Waals surface area contributed by atoms with Crippen LogP contribution in [0.4, 0.5) is 10.2 Å². The molecule has 0 atom stereocenters. The first-order chi connectivity index (χ1) is 8.19. The molecule has 0 aliphatic carbocycles. The molecule has 0 fully saturated rings. The van der Waals surface area contributed by atoms with Gasteiger partial charge in [0.15, 0.2) is 0 Å². The summed E-state index contributed by atoms with van der Waals surface area (Å²) >= 11 is 0. The summed E-state index contributed by atoms with van der Waals surface area (Å²) < 4.78 is 12.7. The van der Waals surface area contributed by atoms with Gasteiger partial charge < -0.3 is 5.73 Å². The van der Waals surface area contributed by atoms with E-state index >= 15 is 0 Å². The number of nitriles is 1. The minimum absolute atomic E-state index is 0.166. The van der Waals surface area contributed by atoms with E-state index in [0.717, 1.165) is 5.56 Å². The van der Waals surface area contributed by atoms with E-state index in [1.165, 1.54) is 18.3 Å². The van der Waals surface area contributed by atoms with Gasteiger partial charge in [-0.1, -0.05) is 12.1 Å². The molecule has 1 heterocycles. The fraction of sp³-hybridized carbons (Fsp3) is 0.0833.